The average Bonchev–Trinajstić information content (AvgIpc) is 3.17. The van der Waals surface area contributed by atoms with Gasteiger partial charge in [-0.25, -0.2) is 13.5 Å². The minimum atomic E-state index is -1.24. The lowest BCUT2D eigenvalue weighted by molar-refractivity contribution is -0.139. The average molecular weight is 485 g/mol. The summed E-state index contributed by atoms with van der Waals surface area (Å²) in [6.07, 6.45) is -0.166. The largest absolute Gasteiger partial charge is 0.481 e. The Morgan fingerprint density at radius 1 is 1.06 bits per heavy atom. The third-order valence-electron chi connectivity index (χ3n) is 5.45. The fraction of sp³-hybridized carbons (Fsp3) is 0.280. The molecule has 35 heavy (non-hydrogen) atoms. The minimum absolute atomic E-state index is 0.201. The zero-order valence-corrected chi connectivity index (χ0v) is 19.5. The molecule has 0 saturated carbocycles. The molecule has 0 aliphatic rings. The van der Waals surface area contributed by atoms with E-state index in [9.17, 15) is 23.8 Å². The number of allylic oxidation sites excluding steroid dienone is 2. The van der Waals surface area contributed by atoms with Crippen molar-refractivity contribution in [3.8, 4) is 0 Å². The van der Waals surface area contributed by atoms with Crippen LogP contribution in [0.5, 0.6) is 0 Å². The molecule has 2 unspecified atom stereocenters. The molecule has 1 heterocycles. The number of aryl methyl sites for hydroxylation is 3. The highest BCUT2D eigenvalue weighted by Crippen LogP contribution is 2.36. The molecule has 0 aliphatic heterocycles. The first-order valence-electron chi connectivity index (χ1n) is 10.8. The van der Waals surface area contributed by atoms with Crippen LogP contribution in [0.25, 0.3) is 11.1 Å². The lowest BCUT2D eigenvalue weighted by atomic mass is 9.87. The number of hydrogen-bond donors (Lipinski definition) is 3. The zero-order valence-electron chi connectivity index (χ0n) is 19.5. The van der Waals surface area contributed by atoms with Gasteiger partial charge in [-0.1, -0.05) is 24.3 Å². The van der Waals surface area contributed by atoms with Crippen LogP contribution in [0.2, 0.25) is 0 Å². The standard InChI is InChI=1S/C25H26F2N4O4/c1-14-10-16(26)4-7-20(14)24(21-8-5-17(27)11-15(21)2)22(25-28-29-30-31(25)3)9-6-18(32)12-19(33)13-23(34)35/h4-11,18-19,32-33H,12-13H2,1-3H3,(H,34,35)/b9-6-. The van der Waals surface area contributed by atoms with Gasteiger partial charge in [0.1, 0.15) is 11.6 Å². The number of hydrogen-bond acceptors (Lipinski definition) is 6. The molecule has 10 heteroatoms. The summed E-state index contributed by atoms with van der Waals surface area (Å²) >= 11 is 0. The van der Waals surface area contributed by atoms with Crippen molar-refractivity contribution >= 4 is 17.1 Å². The molecule has 3 rings (SSSR count). The summed E-state index contributed by atoms with van der Waals surface area (Å²) in [7, 11) is 1.63. The summed E-state index contributed by atoms with van der Waals surface area (Å²) in [6, 6.07) is 8.59. The van der Waals surface area contributed by atoms with E-state index in [2.05, 4.69) is 15.5 Å². The summed E-state index contributed by atoms with van der Waals surface area (Å²) in [5, 5.41) is 40.8. The smallest absolute Gasteiger partial charge is 0.305 e. The maximum Gasteiger partial charge on any atom is 0.305 e. The third-order valence-corrected chi connectivity index (χ3v) is 5.45. The highest BCUT2D eigenvalue weighted by Gasteiger charge is 2.21. The predicted octanol–water partition coefficient (Wildman–Crippen LogP) is 3.21. The van der Waals surface area contributed by atoms with Crippen LogP contribution in [0.1, 0.15) is 40.9 Å². The monoisotopic (exact) mass is 484 g/mol. The third kappa shape index (κ3) is 6.43. The summed E-state index contributed by atoms with van der Waals surface area (Å²) in [5.74, 6) is -1.69. The molecular weight excluding hydrogens is 458 g/mol. The number of aliphatic hydroxyl groups is 2. The highest BCUT2D eigenvalue weighted by atomic mass is 19.1. The number of aromatic nitrogens is 4. The number of carboxylic acids is 1. The molecule has 0 fully saturated rings. The quantitative estimate of drug-likeness (QED) is 0.399. The lowest BCUT2D eigenvalue weighted by Crippen LogP contribution is -2.19. The van der Waals surface area contributed by atoms with Gasteiger partial charge in [-0.05, 0) is 70.8 Å². The van der Waals surface area contributed by atoms with Crippen LogP contribution < -0.4 is 0 Å². The summed E-state index contributed by atoms with van der Waals surface area (Å²) in [5.41, 5.74) is 3.54. The Balaban J connectivity index is 2.24. The van der Waals surface area contributed by atoms with Crippen LogP contribution >= 0.6 is 0 Å². The molecule has 3 N–H and O–H groups in total. The molecule has 2 atom stereocenters. The summed E-state index contributed by atoms with van der Waals surface area (Å²) < 4.78 is 29.3. The van der Waals surface area contributed by atoms with Crippen LogP contribution in [0.4, 0.5) is 8.78 Å². The van der Waals surface area contributed by atoms with E-state index in [4.69, 9.17) is 5.11 Å². The van der Waals surface area contributed by atoms with Gasteiger partial charge in [-0.3, -0.25) is 4.79 Å². The number of tetrazole rings is 1. The number of benzene rings is 2. The number of aliphatic hydroxyl groups excluding tert-OH is 2. The Kier molecular flexibility index (Phi) is 8.21. The SMILES string of the molecule is Cc1cc(F)ccc1C(=C(/C=C\C(O)CC(O)CC(=O)O)c1nnnn1C)c1ccc(F)cc1C. The number of aliphatic carboxylic acids is 1. The maximum atomic E-state index is 13.9. The van der Waals surface area contributed by atoms with Crippen LogP contribution in [0.15, 0.2) is 48.6 Å². The van der Waals surface area contributed by atoms with Crippen molar-refractivity contribution in [2.45, 2.75) is 38.9 Å². The van der Waals surface area contributed by atoms with Gasteiger partial charge in [0.15, 0.2) is 5.82 Å². The molecule has 2 aromatic carbocycles. The van der Waals surface area contributed by atoms with Gasteiger partial charge in [0.25, 0.3) is 0 Å². The van der Waals surface area contributed by atoms with E-state index in [1.807, 2.05) is 0 Å². The van der Waals surface area contributed by atoms with Crippen molar-refractivity contribution in [1.29, 1.82) is 0 Å². The Hall–Kier alpha value is -3.76. The topological polar surface area (TPSA) is 121 Å². The van der Waals surface area contributed by atoms with Gasteiger partial charge < -0.3 is 15.3 Å². The van der Waals surface area contributed by atoms with Crippen LogP contribution in [0, 0.1) is 25.5 Å². The van der Waals surface area contributed by atoms with Crippen molar-refractivity contribution in [3.63, 3.8) is 0 Å². The molecule has 8 nitrogen and oxygen atoms in total. The molecule has 0 aliphatic carbocycles. The van der Waals surface area contributed by atoms with Crippen LogP contribution in [-0.2, 0) is 11.8 Å². The Morgan fingerprint density at radius 3 is 2.09 bits per heavy atom. The van der Waals surface area contributed by atoms with Gasteiger partial charge in [-0.2, -0.15) is 0 Å². The van der Waals surface area contributed by atoms with E-state index in [-0.39, 0.29) is 6.42 Å². The zero-order chi connectivity index (χ0) is 25.7. The van der Waals surface area contributed by atoms with E-state index < -0.39 is 36.2 Å². The highest BCUT2D eigenvalue weighted by molar-refractivity contribution is 6.02. The van der Waals surface area contributed by atoms with Crippen molar-refractivity contribution in [2.75, 3.05) is 0 Å². The first-order chi connectivity index (χ1) is 16.6. The molecule has 0 amide bonds. The predicted molar refractivity (Wildman–Crippen MR) is 125 cm³/mol. The Bertz CT molecular complexity index is 1230. The van der Waals surface area contributed by atoms with Gasteiger partial charge in [0.2, 0.25) is 0 Å². The second-order valence-corrected chi connectivity index (χ2v) is 8.25. The Labute approximate surface area is 200 Å². The van der Waals surface area contributed by atoms with Crippen molar-refractivity contribution < 1.29 is 28.9 Å². The number of nitrogens with zero attached hydrogens (tertiary/aromatic N) is 4. The van der Waals surface area contributed by atoms with Crippen molar-refractivity contribution in [3.05, 3.63) is 88.3 Å². The summed E-state index contributed by atoms with van der Waals surface area (Å²) in [6.45, 7) is 3.48. The molecule has 0 spiro atoms. The molecule has 0 radical (unpaired) electrons. The molecule has 184 valence electrons. The molecular formula is C25H26F2N4O4. The fourth-order valence-electron chi connectivity index (χ4n) is 3.83. The Morgan fingerprint density at radius 2 is 1.63 bits per heavy atom. The van der Waals surface area contributed by atoms with Gasteiger partial charge in [0, 0.05) is 24.6 Å². The van der Waals surface area contributed by atoms with E-state index >= 15 is 0 Å². The molecule has 1 aromatic heterocycles. The number of rotatable bonds is 9. The van der Waals surface area contributed by atoms with E-state index in [0.717, 1.165) is 0 Å². The maximum absolute atomic E-state index is 13.9. The van der Waals surface area contributed by atoms with E-state index in [0.29, 0.717) is 39.2 Å². The molecule has 0 bridgehead atoms. The molecule has 0 saturated heterocycles. The minimum Gasteiger partial charge on any atom is -0.481 e. The fourth-order valence-corrected chi connectivity index (χ4v) is 3.83. The summed E-state index contributed by atoms with van der Waals surface area (Å²) in [4.78, 5) is 10.8. The normalized spacial score (nSPS) is 13.1. The van der Waals surface area contributed by atoms with Gasteiger partial charge >= 0.3 is 5.97 Å². The van der Waals surface area contributed by atoms with Gasteiger partial charge in [-0.15, -0.1) is 5.10 Å². The van der Waals surface area contributed by atoms with Crippen LogP contribution in [0.3, 0.4) is 0 Å². The van der Waals surface area contributed by atoms with Crippen LogP contribution in [-0.4, -0.2) is 53.7 Å². The first-order valence-corrected chi connectivity index (χ1v) is 10.8. The second kappa shape index (κ2) is 11.1. The lowest BCUT2D eigenvalue weighted by Gasteiger charge is -2.18. The number of carbonyl (C=O) groups is 1. The second-order valence-electron chi connectivity index (χ2n) is 8.25. The van der Waals surface area contributed by atoms with Crippen molar-refractivity contribution in [2.24, 2.45) is 7.05 Å². The number of halogens is 2. The van der Waals surface area contributed by atoms with Gasteiger partial charge in [0.05, 0.1) is 18.6 Å². The first kappa shape index (κ1) is 25.9. The van der Waals surface area contributed by atoms with E-state index in [1.54, 1.807) is 39.1 Å². The number of carboxylic acid groups (broad SMARTS) is 1. The van der Waals surface area contributed by atoms with E-state index in [1.165, 1.54) is 35.0 Å². The molecule has 3 aromatic rings. The van der Waals surface area contributed by atoms with Crippen molar-refractivity contribution in [1.82, 2.24) is 20.2 Å².